The maximum absolute atomic E-state index is 10.1. The molecule has 0 radical (unpaired) electrons. The zero-order valence-electron chi connectivity index (χ0n) is 8.26. The van der Waals surface area contributed by atoms with Crippen molar-refractivity contribution in [3.05, 3.63) is 47.2 Å². The molecule has 2 aromatic rings. The molecule has 0 unspecified atom stereocenters. The van der Waals surface area contributed by atoms with Crippen LogP contribution < -0.4 is 0 Å². The molecule has 0 saturated carbocycles. The Hall–Kier alpha value is -1.87. The fourth-order valence-corrected chi connectivity index (χ4v) is 1.38. The molecule has 80 valence electrons. The van der Waals surface area contributed by atoms with Crippen molar-refractivity contribution in [3.8, 4) is 11.3 Å². The van der Waals surface area contributed by atoms with E-state index in [0.29, 0.717) is 22.8 Å². The Morgan fingerprint density at radius 2 is 2.00 bits per heavy atom. The molecular formula is C12H8ClNO2. The number of benzene rings is 1. The fraction of sp³-hybridized carbons (Fsp3) is 0. The summed E-state index contributed by atoms with van der Waals surface area (Å²) >= 11 is 5.78. The highest BCUT2D eigenvalue weighted by Crippen LogP contribution is 2.21. The van der Waals surface area contributed by atoms with E-state index in [4.69, 9.17) is 16.1 Å². The first-order chi connectivity index (χ1) is 7.79. The van der Waals surface area contributed by atoms with Crippen molar-refractivity contribution >= 4 is 24.0 Å². The topological polar surface area (TPSA) is 43.1 Å². The Balaban J connectivity index is 2.27. The minimum atomic E-state index is 0.539. The molecule has 1 aromatic heterocycles. The van der Waals surface area contributed by atoms with E-state index in [9.17, 15) is 4.79 Å². The highest BCUT2D eigenvalue weighted by Gasteiger charge is 2.03. The van der Waals surface area contributed by atoms with Gasteiger partial charge in [0, 0.05) is 16.7 Å². The largest absolute Gasteiger partial charge is 0.356 e. The van der Waals surface area contributed by atoms with Crippen LogP contribution in [0.5, 0.6) is 0 Å². The number of aromatic nitrogens is 1. The summed E-state index contributed by atoms with van der Waals surface area (Å²) in [5, 5.41) is 4.56. The van der Waals surface area contributed by atoms with E-state index in [1.54, 1.807) is 24.3 Å². The predicted molar refractivity (Wildman–Crippen MR) is 62.0 cm³/mol. The molecule has 0 fully saturated rings. The molecule has 1 heterocycles. The molecule has 0 saturated heterocycles. The first-order valence-corrected chi connectivity index (χ1v) is 5.02. The van der Waals surface area contributed by atoms with Crippen LogP contribution in [0.25, 0.3) is 17.3 Å². The van der Waals surface area contributed by atoms with Gasteiger partial charge in [-0.1, -0.05) is 28.9 Å². The summed E-state index contributed by atoms with van der Waals surface area (Å²) in [6.07, 6.45) is 3.59. The summed E-state index contributed by atoms with van der Waals surface area (Å²) < 4.78 is 5.02. The van der Waals surface area contributed by atoms with Crippen molar-refractivity contribution < 1.29 is 9.32 Å². The first-order valence-electron chi connectivity index (χ1n) is 4.64. The lowest BCUT2D eigenvalue weighted by molar-refractivity contribution is -0.104. The number of carbonyl (C=O) groups is 1. The molecule has 0 N–H and O–H groups in total. The minimum Gasteiger partial charge on any atom is -0.356 e. The summed E-state index contributed by atoms with van der Waals surface area (Å²) in [5.41, 5.74) is 1.63. The normalized spacial score (nSPS) is 10.8. The van der Waals surface area contributed by atoms with Gasteiger partial charge in [0.05, 0.1) is 0 Å². The van der Waals surface area contributed by atoms with Crippen LogP contribution >= 0.6 is 11.6 Å². The second-order valence-electron chi connectivity index (χ2n) is 3.12. The van der Waals surface area contributed by atoms with Crippen molar-refractivity contribution in [1.29, 1.82) is 0 Å². The van der Waals surface area contributed by atoms with Crippen LogP contribution in [-0.4, -0.2) is 11.4 Å². The van der Waals surface area contributed by atoms with Gasteiger partial charge in [-0.2, -0.15) is 0 Å². The SMILES string of the molecule is O=CC=Cc1cc(-c2ccc(Cl)cc2)no1. The molecule has 0 amide bonds. The molecule has 16 heavy (non-hydrogen) atoms. The van der Waals surface area contributed by atoms with Crippen molar-refractivity contribution in [2.75, 3.05) is 0 Å². The highest BCUT2D eigenvalue weighted by molar-refractivity contribution is 6.30. The van der Waals surface area contributed by atoms with Crippen molar-refractivity contribution in [1.82, 2.24) is 5.16 Å². The number of allylic oxidation sites excluding steroid dienone is 1. The van der Waals surface area contributed by atoms with Gasteiger partial charge in [-0.25, -0.2) is 0 Å². The van der Waals surface area contributed by atoms with E-state index in [2.05, 4.69) is 5.16 Å². The van der Waals surface area contributed by atoms with E-state index in [-0.39, 0.29) is 0 Å². The third kappa shape index (κ3) is 2.38. The van der Waals surface area contributed by atoms with Crippen LogP contribution in [0.4, 0.5) is 0 Å². The highest BCUT2D eigenvalue weighted by atomic mass is 35.5. The van der Waals surface area contributed by atoms with Gasteiger partial charge in [0.15, 0.2) is 5.76 Å². The van der Waals surface area contributed by atoms with E-state index in [1.165, 1.54) is 6.08 Å². The van der Waals surface area contributed by atoms with Crippen molar-refractivity contribution in [2.45, 2.75) is 0 Å². The number of rotatable bonds is 3. The smallest absolute Gasteiger partial charge is 0.160 e. The summed E-state index contributed by atoms with van der Waals surface area (Å²) in [5.74, 6) is 0.539. The second kappa shape index (κ2) is 4.77. The Kier molecular flexibility index (Phi) is 3.17. The average molecular weight is 234 g/mol. The fourth-order valence-electron chi connectivity index (χ4n) is 1.26. The molecule has 3 nitrogen and oxygen atoms in total. The van der Waals surface area contributed by atoms with Gasteiger partial charge >= 0.3 is 0 Å². The monoisotopic (exact) mass is 233 g/mol. The zero-order chi connectivity index (χ0) is 11.4. The molecule has 1 aromatic carbocycles. The summed E-state index contributed by atoms with van der Waals surface area (Å²) in [7, 11) is 0. The molecule has 2 rings (SSSR count). The number of nitrogens with zero attached hydrogens (tertiary/aromatic N) is 1. The third-order valence-corrected chi connectivity index (χ3v) is 2.26. The number of aldehydes is 1. The molecule has 0 bridgehead atoms. The summed E-state index contributed by atoms with van der Waals surface area (Å²) in [6.45, 7) is 0. The maximum Gasteiger partial charge on any atom is 0.160 e. The van der Waals surface area contributed by atoms with Crippen LogP contribution in [0.2, 0.25) is 5.02 Å². The number of hydrogen-bond acceptors (Lipinski definition) is 3. The Bertz CT molecular complexity index is 514. The lowest BCUT2D eigenvalue weighted by Gasteiger charge is -1.93. The van der Waals surface area contributed by atoms with Gasteiger partial charge in [-0.05, 0) is 24.3 Å². The van der Waals surface area contributed by atoms with Gasteiger partial charge in [0.1, 0.15) is 12.0 Å². The molecule has 0 aliphatic heterocycles. The number of halogens is 1. The van der Waals surface area contributed by atoms with E-state index in [0.717, 1.165) is 5.56 Å². The molecule has 0 spiro atoms. The van der Waals surface area contributed by atoms with Crippen LogP contribution in [0, 0.1) is 0 Å². The van der Waals surface area contributed by atoms with Crippen LogP contribution in [0.3, 0.4) is 0 Å². The zero-order valence-corrected chi connectivity index (χ0v) is 9.02. The minimum absolute atomic E-state index is 0.539. The molecule has 0 aliphatic rings. The third-order valence-electron chi connectivity index (χ3n) is 2.01. The number of hydrogen-bond donors (Lipinski definition) is 0. The quantitative estimate of drug-likeness (QED) is 0.604. The lowest BCUT2D eigenvalue weighted by atomic mass is 10.1. The first kappa shape index (κ1) is 10.6. The van der Waals surface area contributed by atoms with Gasteiger partial charge in [0.2, 0.25) is 0 Å². The molecule has 0 atom stereocenters. The molecule has 0 aliphatic carbocycles. The van der Waals surface area contributed by atoms with Gasteiger partial charge in [0.25, 0.3) is 0 Å². The molecular weight excluding hydrogens is 226 g/mol. The van der Waals surface area contributed by atoms with Gasteiger partial charge in [-0.3, -0.25) is 4.79 Å². The standard InChI is InChI=1S/C12H8ClNO2/c13-10-5-3-9(4-6-10)12-8-11(16-14-12)2-1-7-15/h1-8H. The van der Waals surface area contributed by atoms with Crippen LogP contribution in [0.15, 0.2) is 40.9 Å². The van der Waals surface area contributed by atoms with Gasteiger partial charge in [-0.15, -0.1) is 0 Å². The Labute approximate surface area is 97.3 Å². The van der Waals surface area contributed by atoms with Crippen molar-refractivity contribution in [3.63, 3.8) is 0 Å². The summed E-state index contributed by atoms with van der Waals surface area (Å²) in [6, 6.07) is 9.03. The average Bonchev–Trinajstić information content (AvgIpc) is 2.76. The molecule has 4 heteroatoms. The van der Waals surface area contributed by atoms with E-state index >= 15 is 0 Å². The van der Waals surface area contributed by atoms with Crippen molar-refractivity contribution in [2.24, 2.45) is 0 Å². The predicted octanol–water partition coefficient (Wildman–Crippen LogP) is 3.21. The Morgan fingerprint density at radius 3 is 2.69 bits per heavy atom. The number of carbonyl (C=O) groups excluding carboxylic acids is 1. The van der Waals surface area contributed by atoms with E-state index in [1.807, 2.05) is 12.1 Å². The second-order valence-corrected chi connectivity index (χ2v) is 3.55. The van der Waals surface area contributed by atoms with Gasteiger partial charge < -0.3 is 4.52 Å². The van der Waals surface area contributed by atoms with Crippen LogP contribution in [-0.2, 0) is 4.79 Å². The van der Waals surface area contributed by atoms with Crippen LogP contribution in [0.1, 0.15) is 5.76 Å². The lowest BCUT2D eigenvalue weighted by Crippen LogP contribution is -1.74. The maximum atomic E-state index is 10.1. The Morgan fingerprint density at radius 1 is 1.25 bits per heavy atom. The van der Waals surface area contributed by atoms with E-state index < -0.39 is 0 Å². The summed E-state index contributed by atoms with van der Waals surface area (Å²) in [4.78, 5) is 10.1.